The van der Waals surface area contributed by atoms with Crippen molar-refractivity contribution in [1.82, 2.24) is 9.55 Å². The van der Waals surface area contributed by atoms with Gasteiger partial charge in [-0.05, 0) is 56.9 Å². The number of benzene rings is 2. The first-order valence-electron chi connectivity index (χ1n) is 13.0. The Morgan fingerprint density at radius 1 is 0.921 bits per heavy atom. The second-order valence-corrected chi connectivity index (χ2v) is 11.1. The van der Waals surface area contributed by atoms with Crippen molar-refractivity contribution in [1.29, 1.82) is 0 Å². The maximum Gasteiger partial charge on any atom is 0.314 e. The monoisotopic (exact) mass is 509 g/mol. The van der Waals surface area contributed by atoms with E-state index in [1.54, 1.807) is 47.0 Å². The summed E-state index contributed by atoms with van der Waals surface area (Å²) in [6, 6.07) is 15.1. The Balaban J connectivity index is 1.56. The van der Waals surface area contributed by atoms with Crippen molar-refractivity contribution in [2.75, 3.05) is 12.0 Å². The number of methoxy groups -OCH3 is 1. The Morgan fingerprint density at radius 2 is 1.61 bits per heavy atom. The van der Waals surface area contributed by atoms with Crippen molar-refractivity contribution in [3.8, 4) is 0 Å². The van der Waals surface area contributed by atoms with Gasteiger partial charge in [0.1, 0.15) is 5.82 Å². The highest BCUT2D eigenvalue weighted by Crippen LogP contribution is 2.69. The molecule has 4 heterocycles. The van der Waals surface area contributed by atoms with Gasteiger partial charge < -0.3 is 4.74 Å². The van der Waals surface area contributed by atoms with Gasteiger partial charge in [0, 0.05) is 5.92 Å². The van der Waals surface area contributed by atoms with Crippen LogP contribution in [0.4, 0.5) is 5.69 Å². The molecule has 2 amide bonds. The van der Waals surface area contributed by atoms with E-state index in [4.69, 9.17) is 9.72 Å². The van der Waals surface area contributed by atoms with Crippen LogP contribution in [-0.4, -0.2) is 34.4 Å². The number of rotatable bonds is 2. The molecule has 2 aliphatic carbocycles. The van der Waals surface area contributed by atoms with E-state index in [0.29, 0.717) is 35.3 Å². The van der Waals surface area contributed by atoms with Gasteiger partial charge in [-0.2, -0.15) is 0 Å². The Bertz CT molecular complexity index is 1660. The number of nitrogens with zero attached hydrogens (tertiary/aromatic N) is 3. The number of aromatic nitrogens is 2. The molecular formula is C30H27N3O5. The zero-order valence-corrected chi connectivity index (χ0v) is 21.4. The second-order valence-electron chi connectivity index (χ2n) is 11.1. The minimum absolute atomic E-state index is 0.289. The fourth-order valence-corrected chi connectivity index (χ4v) is 7.94. The van der Waals surface area contributed by atoms with Gasteiger partial charge in [-0.1, -0.05) is 41.5 Å². The molecule has 0 unspecified atom stereocenters. The van der Waals surface area contributed by atoms with Crippen LogP contribution in [-0.2, 0) is 19.1 Å². The summed E-state index contributed by atoms with van der Waals surface area (Å²) in [5.41, 5.74) is 1.80. The fourth-order valence-electron chi connectivity index (χ4n) is 7.94. The molecule has 2 aromatic carbocycles. The lowest BCUT2D eigenvalue weighted by Crippen LogP contribution is -2.65. The zero-order valence-electron chi connectivity index (χ0n) is 21.4. The largest absolute Gasteiger partial charge is 0.469 e. The van der Waals surface area contributed by atoms with E-state index in [0.717, 1.165) is 11.1 Å². The first kappa shape index (κ1) is 23.1. The number of hydrogen-bond acceptors (Lipinski definition) is 6. The smallest absolute Gasteiger partial charge is 0.314 e. The molecule has 8 rings (SSSR count). The molecule has 2 bridgehead atoms. The summed E-state index contributed by atoms with van der Waals surface area (Å²) in [5.74, 6) is -3.12. The average Bonchev–Trinajstić information content (AvgIpc) is 3.19. The molecule has 8 nitrogen and oxygen atoms in total. The van der Waals surface area contributed by atoms with Crippen molar-refractivity contribution in [3.05, 3.63) is 81.9 Å². The molecule has 1 saturated heterocycles. The van der Waals surface area contributed by atoms with E-state index in [2.05, 4.69) is 6.92 Å². The number of amides is 2. The summed E-state index contributed by atoms with van der Waals surface area (Å²) in [4.78, 5) is 62.5. The number of para-hydroxylation sites is 2. The van der Waals surface area contributed by atoms with Crippen LogP contribution in [0.15, 0.2) is 70.5 Å². The summed E-state index contributed by atoms with van der Waals surface area (Å²) in [6.45, 7) is 4.05. The van der Waals surface area contributed by atoms with Crippen molar-refractivity contribution in [2.24, 2.45) is 23.2 Å². The predicted octanol–water partition coefficient (Wildman–Crippen LogP) is 3.76. The molecule has 1 aromatic heterocycles. The van der Waals surface area contributed by atoms with Gasteiger partial charge in [0.05, 0.1) is 47.0 Å². The third-order valence-electron chi connectivity index (χ3n) is 9.55. The quantitative estimate of drug-likeness (QED) is 0.296. The highest BCUT2D eigenvalue weighted by atomic mass is 16.5. The third-order valence-corrected chi connectivity index (χ3v) is 9.55. The average molecular weight is 510 g/mol. The first-order valence-corrected chi connectivity index (χ1v) is 13.0. The number of ether oxygens (including phenoxy) is 1. The van der Waals surface area contributed by atoms with Crippen molar-refractivity contribution < 1.29 is 19.1 Å². The second kappa shape index (κ2) is 7.72. The number of fused-ring (bicyclic) bond motifs is 1. The molecule has 5 aliphatic rings. The van der Waals surface area contributed by atoms with Crippen LogP contribution in [0.5, 0.6) is 0 Å². The van der Waals surface area contributed by atoms with Gasteiger partial charge in [-0.3, -0.25) is 23.7 Å². The Kier molecular flexibility index (Phi) is 4.69. The highest BCUT2D eigenvalue weighted by molar-refractivity contribution is 6.23. The van der Waals surface area contributed by atoms with Gasteiger partial charge >= 0.3 is 5.97 Å². The maximum absolute atomic E-state index is 14.2. The van der Waals surface area contributed by atoms with E-state index in [1.165, 1.54) is 12.0 Å². The van der Waals surface area contributed by atoms with Crippen molar-refractivity contribution in [3.63, 3.8) is 0 Å². The number of carbonyl (C=O) groups is 3. The molecule has 192 valence electrons. The molecule has 0 N–H and O–H groups in total. The minimum Gasteiger partial charge on any atom is -0.469 e. The minimum atomic E-state index is -1.16. The van der Waals surface area contributed by atoms with Crippen molar-refractivity contribution in [2.45, 2.75) is 38.6 Å². The maximum atomic E-state index is 14.2. The van der Waals surface area contributed by atoms with Crippen molar-refractivity contribution >= 4 is 34.4 Å². The Labute approximate surface area is 218 Å². The molecule has 3 aromatic rings. The Hall–Kier alpha value is -4.07. The SMILES string of the molecule is COC(=O)[C@]12CC(C)=C(C)C[C@H]1[C@H]1c3nc4ccccc4c(=O)n3[C@@H]2[C@H]2C(=O)N(c3ccccc3)C(=O)[C@H]21. The van der Waals surface area contributed by atoms with Crippen LogP contribution < -0.4 is 10.5 Å². The van der Waals surface area contributed by atoms with E-state index < -0.39 is 35.2 Å². The van der Waals surface area contributed by atoms with Gasteiger partial charge in [-0.15, -0.1) is 0 Å². The van der Waals surface area contributed by atoms with Crippen LogP contribution >= 0.6 is 0 Å². The number of allylic oxidation sites excluding steroid dienone is 2. The van der Waals surface area contributed by atoms with E-state index >= 15 is 0 Å². The summed E-state index contributed by atoms with van der Waals surface area (Å²) < 4.78 is 7.02. The molecule has 8 heteroatoms. The number of imide groups is 1. The number of carbonyl (C=O) groups excluding carboxylic acids is 3. The Morgan fingerprint density at radius 3 is 2.34 bits per heavy atom. The summed E-state index contributed by atoms with van der Waals surface area (Å²) >= 11 is 0. The number of esters is 1. The molecule has 6 atom stereocenters. The number of anilines is 1. The lowest BCUT2D eigenvalue weighted by Gasteiger charge is -2.60. The topological polar surface area (TPSA) is 98.6 Å². The predicted molar refractivity (Wildman–Crippen MR) is 139 cm³/mol. The lowest BCUT2D eigenvalue weighted by atomic mass is 9.45. The zero-order chi connectivity index (χ0) is 26.5. The van der Waals surface area contributed by atoms with Gasteiger partial charge in [0.2, 0.25) is 11.8 Å². The molecule has 3 aliphatic heterocycles. The van der Waals surface area contributed by atoms with Crippen LogP contribution in [0.1, 0.15) is 44.5 Å². The first-order chi connectivity index (χ1) is 18.3. The molecule has 1 saturated carbocycles. The van der Waals surface area contributed by atoms with E-state index in [1.807, 2.05) is 19.1 Å². The van der Waals surface area contributed by atoms with Crippen LogP contribution in [0.3, 0.4) is 0 Å². The molecule has 0 spiro atoms. The summed E-state index contributed by atoms with van der Waals surface area (Å²) in [7, 11) is 1.36. The third kappa shape index (κ3) is 2.62. The number of hydrogen-bond donors (Lipinski definition) is 0. The van der Waals surface area contributed by atoms with Gasteiger partial charge in [0.15, 0.2) is 0 Å². The van der Waals surface area contributed by atoms with E-state index in [-0.39, 0.29) is 23.3 Å². The fraction of sp³-hybridized carbons (Fsp3) is 0.367. The van der Waals surface area contributed by atoms with Crippen LogP contribution in [0.2, 0.25) is 0 Å². The highest BCUT2D eigenvalue weighted by Gasteiger charge is 2.74. The molecular weight excluding hydrogens is 482 g/mol. The van der Waals surface area contributed by atoms with Gasteiger partial charge in [0.25, 0.3) is 5.56 Å². The van der Waals surface area contributed by atoms with Crippen LogP contribution in [0.25, 0.3) is 10.9 Å². The molecule has 2 fully saturated rings. The lowest BCUT2D eigenvalue weighted by molar-refractivity contribution is -0.179. The molecule has 38 heavy (non-hydrogen) atoms. The molecule has 0 radical (unpaired) electrons. The van der Waals surface area contributed by atoms with E-state index in [9.17, 15) is 19.2 Å². The van der Waals surface area contributed by atoms with Crippen LogP contribution in [0, 0.1) is 23.2 Å². The normalized spacial score (nSPS) is 31.3. The summed E-state index contributed by atoms with van der Waals surface area (Å²) in [5, 5.41) is 0.424. The van der Waals surface area contributed by atoms with Gasteiger partial charge in [-0.25, -0.2) is 9.88 Å². The standard InChI is InChI=1S/C30H27N3O5/c1-15-13-19-21-22-23(28(36)32(27(22)35)17-9-5-4-6-10-17)24(30(19,14-16(15)2)29(37)38-3)33-25(21)31-20-12-8-7-11-18(20)26(33)34/h4-12,19,21-24H,13-14H2,1-3H3/t19-,21+,22-,23-,24+,30+/m0/s1. The summed E-state index contributed by atoms with van der Waals surface area (Å²) in [6.07, 6.45) is 0.937.